The molecule has 198 valence electrons. The van der Waals surface area contributed by atoms with Gasteiger partial charge in [0.05, 0.1) is 0 Å². The molecule has 1 aliphatic carbocycles. The Morgan fingerprint density at radius 3 is 2.39 bits per heavy atom. The lowest BCUT2D eigenvalue weighted by molar-refractivity contribution is -0.00308. The van der Waals surface area contributed by atoms with Crippen molar-refractivity contribution in [2.45, 2.75) is 64.5 Å². The zero-order valence-corrected chi connectivity index (χ0v) is 22.9. The Kier molecular flexibility index (Phi) is 7.87. The summed E-state index contributed by atoms with van der Waals surface area (Å²) in [5.74, 6) is 0.856. The van der Waals surface area contributed by atoms with Crippen LogP contribution in [0.25, 0.3) is 10.9 Å². The molecule has 1 amide bonds. The molecule has 0 bridgehead atoms. The number of hydrogen-bond donors (Lipinski definition) is 1. The summed E-state index contributed by atoms with van der Waals surface area (Å²) in [6.45, 7) is 8.23. The minimum Gasteiger partial charge on any atom is -0.446 e. The number of nitrogens with zero attached hydrogens (tertiary/aromatic N) is 1. The molecule has 4 aromatic rings. The zero-order chi connectivity index (χ0) is 26.5. The van der Waals surface area contributed by atoms with Crippen molar-refractivity contribution in [1.82, 2.24) is 9.88 Å². The topological polar surface area (TPSA) is 43.3 Å². The van der Waals surface area contributed by atoms with Crippen LogP contribution in [0.3, 0.4) is 0 Å². The number of carbonyl (C=O) groups is 1. The molecule has 1 fully saturated rings. The SMILES string of the molecule is C[C@@H]1CC[C@@H](C(C)(C)c2ccccc2)[C@H](OC(=O)NCCc2cn(Cc3ccccc3)c3ccccc23)C1. The molecular weight excluding hydrogens is 468 g/mol. The summed E-state index contributed by atoms with van der Waals surface area (Å²) in [5, 5.41) is 4.30. The molecule has 0 aliphatic heterocycles. The maximum Gasteiger partial charge on any atom is 0.407 e. The first-order valence-electron chi connectivity index (χ1n) is 14.0. The first-order valence-corrected chi connectivity index (χ1v) is 14.0. The van der Waals surface area contributed by atoms with Crippen LogP contribution in [0.5, 0.6) is 0 Å². The number of rotatable bonds is 8. The molecule has 0 saturated heterocycles. The number of nitrogens with one attached hydrogen (secondary N) is 1. The van der Waals surface area contributed by atoms with Crippen LogP contribution in [-0.4, -0.2) is 23.3 Å². The number of ether oxygens (including phenoxy) is 1. The highest BCUT2D eigenvalue weighted by atomic mass is 16.6. The van der Waals surface area contributed by atoms with Crippen molar-refractivity contribution < 1.29 is 9.53 Å². The fraction of sp³-hybridized carbons (Fsp3) is 0.382. The van der Waals surface area contributed by atoms with Crippen LogP contribution in [0, 0.1) is 11.8 Å². The number of carbonyl (C=O) groups excluding carboxylic acids is 1. The standard InChI is InChI=1S/C34H40N2O2/c1-25-18-19-30(34(2,3)28-14-8-5-9-15-28)32(22-25)38-33(37)35-21-20-27-24-36(23-26-12-6-4-7-13-26)31-17-11-10-16-29(27)31/h4-17,24-25,30,32H,18-23H2,1-3H3,(H,35,37)/t25-,30-,32-/m1/s1. The summed E-state index contributed by atoms with van der Waals surface area (Å²) < 4.78 is 8.44. The summed E-state index contributed by atoms with van der Waals surface area (Å²) in [5.41, 5.74) is 4.98. The fourth-order valence-electron chi connectivity index (χ4n) is 6.28. The van der Waals surface area contributed by atoms with Crippen LogP contribution in [0.15, 0.2) is 91.1 Å². The summed E-state index contributed by atoms with van der Waals surface area (Å²) in [7, 11) is 0. The van der Waals surface area contributed by atoms with Crippen molar-refractivity contribution in [3.8, 4) is 0 Å². The molecule has 3 aromatic carbocycles. The average Bonchev–Trinajstić information content (AvgIpc) is 3.27. The smallest absolute Gasteiger partial charge is 0.407 e. The molecular formula is C34H40N2O2. The van der Waals surface area contributed by atoms with Crippen molar-refractivity contribution >= 4 is 17.0 Å². The number of amides is 1. The highest BCUT2D eigenvalue weighted by molar-refractivity contribution is 5.84. The lowest BCUT2D eigenvalue weighted by atomic mass is 9.64. The van der Waals surface area contributed by atoms with Gasteiger partial charge in [-0.25, -0.2) is 4.79 Å². The van der Waals surface area contributed by atoms with Gasteiger partial charge in [-0.05, 0) is 53.4 Å². The van der Waals surface area contributed by atoms with E-state index in [1.807, 2.05) is 6.07 Å². The van der Waals surface area contributed by atoms with Gasteiger partial charge < -0.3 is 14.6 Å². The third kappa shape index (κ3) is 5.80. The molecule has 1 N–H and O–H groups in total. The van der Waals surface area contributed by atoms with Crippen molar-refractivity contribution in [1.29, 1.82) is 0 Å². The van der Waals surface area contributed by atoms with Gasteiger partial charge in [-0.2, -0.15) is 0 Å². The number of hydrogen-bond acceptors (Lipinski definition) is 2. The van der Waals surface area contributed by atoms with Gasteiger partial charge in [0.15, 0.2) is 0 Å². The number of para-hydroxylation sites is 1. The molecule has 0 radical (unpaired) electrons. The van der Waals surface area contributed by atoms with E-state index in [0.717, 1.165) is 25.8 Å². The van der Waals surface area contributed by atoms with Crippen LogP contribution in [0.1, 0.15) is 56.7 Å². The van der Waals surface area contributed by atoms with E-state index in [9.17, 15) is 4.79 Å². The van der Waals surface area contributed by atoms with Crippen LogP contribution < -0.4 is 5.32 Å². The van der Waals surface area contributed by atoms with Gasteiger partial charge in [0, 0.05) is 36.1 Å². The normalized spacial score (nSPS) is 19.8. The van der Waals surface area contributed by atoms with Crippen molar-refractivity contribution in [3.63, 3.8) is 0 Å². The summed E-state index contributed by atoms with van der Waals surface area (Å²) in [4.78, 5) is 13.0. The van der Waals surface area contributed by atoms with E-state index in [0.29, 0.717) is 18.4 Å². The lowest BCUT2D eigenvalue weighted by Gasteiger charge is -2.43. The highest BCUT2D eigenvalue weighted by Crippen LogP contribution is 2.43. The predicted molar refractivity (Wildman–Crippen MR) is 155 cm³/mol. The number of alkyl carbamates (subject to hydrolysis) is 1. The highest BCUT2D eigenvalue weighted by Gasteiger charge is 2.41. The second kappa shape index (κ2) is 11.5. The van der Waals surface area contributed by atoms with E-state index in [2.05, 4.69) is 116 Å². The quantitative estimate of drug-likeness (QED) is 0.264. The maximum atomic E-state index is 13.0. The van der Waals surface area contributed by atoms with Crippen LogP contribution >= 0.6 is 0 Å². The molecule has 4 nitrogen and oxygen atoms in total. The number of aromatic nitrogens is 1. The Labute approximate surface area is 227 Å². The van der Waals surface area contributed by atoms with Crippen molar-refractivity contribution in [3.05, 3.63) is 108 Å². The van der Waals surface area contributed by atoms with Gasteiger partial charge in [0.25, 0.3) is 0 Å². The Hall–Kier alpha value is -3.53. The Bertz CT molecular complexity index is 1340. The molecule has 1 aliphatic rings. The van der Waals surface area contributed by atoms with Gasteiger partial charge in [0.1, 0.15) is 6.10 Å². The van der Waals surface area contributed by atoms with E-state index in [1.165, 1.54) is 34.0 Å². The molecule has 1 heterocycles. The molecule has 3 atom stereocenters. The predicted octanol–water partition coefficient (Wildman–Crippen LogP) is 7.74. The van der Waals surface area contributed by atoms with Gasteiger partial charge in [-0.15, -0.1) is 0 Å². The van der Waals surface area contributed by atoms with Gasteiger partial charge in [0.2, 0.25) is 0 Å². The lowest BCUT2D eigenvalue weighted by Crippen LogP contribution is -2.45. The Morgan fingerprint density at radius 2 is 1.63 bits per heavy atom. The van der Waals surface area contributed by atoms with Crippen LogP contribution in [-0.2, 0) is 23.1 Å². The molecule has 0 unspecified atom stereocenters. The largest absolute Gasteiger partial charge is 0.446 e. The zero-order valence-electron chi connectivity index (χ0n) is 22.9. The minimum atomic E-state index is -0.300. The number of fused-ring (bicyclic) bond motifs is 1. The van der Waals surface area contributed by atoms with E-state index in [-0.39, 0.29) is 17.6 Å². The Morgan fingerprint density at radius 1 is 0.947 bits per heavy atom. The monoisotopic (exact) mass is 508 g/mol. The van der Waals surface area contributed by atoms with E-state index in [4.69, 9.17) is 4.74 Å². The fourth-order valence-corrected chi connectivity index (χ4v) is 6.28. The third-order valence-electron chi connectivity index (χ3n) is 8.49. The molecule has 38 heavy (non-hydrogen) atoms. The summed E-state index contributed by atoms with van der Waals surface area (Å²) in [6, 6.07) is 29.7. The first kappa shape index (κ1) is 26.1. The van der Waals surface area contributed by atoms with Crippen LogP contribution in [0.2, 0.25) is 0 Å². The molecule has 4 heteroatoms. The molecule has 5 rings (SSSR count). The van der Waals surface area contributed by atoms with E-state index < -0.39 is 0 Å². The van der Waals surface area contributed by atoms with Gasteiger partial charge in [-0.3, -0.25) is 0 Å². The maximum absolute atomic E-state index is 13.0. The second-order valence-corrected chi connectivity index (χ2v) is 11.5. The molecule has 1 saturated carbocycles. The molecule has 1 aromatic heterocycles. The molecule has 0 spiro atoms. The summed E-state index contributed by atoms with van der Waals surface area (Å²) >= 11 is 0. The Balaban J connectivity index is 1.23. The van der Waals surface area contributed by atoms with Crippen molar-refractivity contribution in [2.75, 3.05) is 6.54 Å². The van der Waals surface area contributed by atoms with Gasteiger partial charge >= 0.3 is 6.09 Å². The third-order valence-corrected chi connectivity index (χ3v) is 8.49. The second-order valence-electron chi connectivity index (χ2n) is 11.5. The summed E-state index contributed by atoms with van der Waals surface area (Å²) in [6.07, 6.45) is 5.77. The first-order chi connectivity index (χ1) is 18.4. The van der Waals surface area contributed by atoms with E-state index >= 15 is 0 Å². The van der Waals surface area contributed by atoms with Gasteiger partial charge in [-0.1, -0.05) is 106 Å². The minimum absolute atomic E-state index is 0.0626. The number of benzene rings is 3. The van der Waals surface area contributed by atoms with E-state index in [1.54, 1.807) is 0 Å². The van der Waals surface area contributed by atoms with Crippen molar-refractivity contribution in [2.24, 2.45) is 11.8 Å². The van der Waals surface area contributed by atoms with Crippen LogP contribution in [0.4, 0.5) is 4.79 Å². The average molecular weight is 509 g/mol.